The van der Waals surface area contributed by atoms with Gasteiger partial charge in [-0.1, -0.05) is 42.5 Å². The molecule has 2 rings (SSSR count). The summed E-state index contributed by atoms with van der Waals surface area (Å²) < 4.78 is 4.68. The Balaban J connectivity index is 1.75. The predicted molar refractivity (Wildman–Crippen MR) is 80.9 cm³/mol. The van der Waals surface area contributed by atoms with E-state index in [-0.39, 0.29) is 5.97 Å². The van der Waals surface area contributed by atoms with Gasteiger partial charge in [0.2, 0.25) is 0 Å². The number of rotatable bonds is 6. The molecule has 0 bridgehead atoms. The zero-order valence-electron chi connectivity index (χ0n) is 11.8. The van der Waals surface area contributed by atoms with Gasteiger partial charge in [0.15, 0.2) is 0 Å². The van der Waals surface area contributed by atoms with Crippen LogP contribution in [0.1, 0.15) is 34.3 Å². The number of aryl methyl sites for hydroxylation is 2. The van der Waals surface area contributed by atoms with Crippen LogP contribution < -0.4 is 0 Å². The summed E-state index contributed by atoms with van der Waals surface area (Å²) >= 11 is 0. The molecule has 0 fully saturated rings. The van der Waals surface area contributed by atoms with E-state index in [0.29, 0.717) is 5.56 Å². The van der Waals surface area contributed by atoms with E-state index in [1.54, 1.807) is 0 Å². The third kappa shape index (κ3) is 4.23. The van der Waals surface area contributed by atoms with Crippen LogP contribution >= 0.6 is 0 Å². The molecular formula is C18H20O2. The number of esters is 1. The Morgan fingerprint density at radius 3 is 1.95 bits per heavy atom. The number of hydrogen-bond acceptors (Lipinski definition) is 2. The van der Waals surface area contributed by atoms with Crippen LogP contribution in [0.5, 0.6) is 0 Å². The van der Waals surface area contributed by atoms with E-state index in [1.165, 1.54) is 24.7 Å². The van der Waals surface area contributed by atoms with Gasteiger partial charge in [0.05, 0.1) is 12.7 Å². The van der Waals surface area contributed by atoms with E-state index in [9.17, 15) is 4.79 Å². The number of methoxy groups -OCH3 is 1. The van der Waals surface area contributed by atoms with Crippen molar-refractivity contribution < 1.29 is 9.53 Å². The van der Waals surface area contributed by atoms with Gasteiger partial charge >= 0.3 is 5.97 Å². The van der Waals surface area contributed by atoms with Crippen LogP contribution in [0.3, 0.4) is 0 Å². The number of ether oxygens (including phenoxy) is 1. The molecule has 20 heavy (non-hydrogen) atoms. The smallest absolute Gasteiger partial charge is 0.337 e. The van der Waals surface area contributed by atoms with Crippen molar-refractivity contribution >= 4 is 5.97 Å². The van der Waals surface area contributed by atoms with Crippen molar-refractivity contribution in [1.82, 2.24) is 0 Å². The molecule has 0 aromatic heterocycles. The molecule has 0 unspecified atom stereocenters. The van der Waals surface area contributed by atoms with E-state index >= 15 is 0 Å². The molecule has 0 aliphatic rings. The lowest BCUT2D eigenvalue weighted by atomic mass is 10.0. The number of hydrogen-bond donors (Lipinski definition) is 0. The summed E-state index contributed by atoms with van der Waals surface area (Å²) in [7, 11) is 1.40. The van der Waals surface area contributed by atoms with E-state index in [2.05, 4.69) is 29.0 Å². The lowest BCUT2D eigenvalue weighted by molar-refractivity contribution is 0.0600. The zero-order chi connectivity index (χ0) is 14.2. The molecule has 0 radical (unpaired) electrons. The highest BCUT2D eigenvalue weighted by Crippen LogP contribution is 2.11. The molecule has 0 saturated heterocycles. The van der Waals surface area contributed by atoms with Crippen LogP contribution in [0.15, 0.2) is 54.6 Å². The Morgan fingerprint density at radius 2 is 1.40 bits per heavy atom. The monoisotopic (exact) mass is 268 g/mol. The molecule has 2 heteroatoms. The van der Waals surface area contributed by atoms with Gasteiger partial charge in [-0.05, 0) is 48.9 Å². The summed E-state index contributed by atoms with van der Waals surface area (Å²) in [6, 6.07) is 18.2. The quantitative estimate of drug-likeness (QED) is 0.584. The molecule has 0 atom stereocenters. The predicted octanol–water partition coefficient (Wildman–Crippen LogP) is 4.04. The molecule has 0 spiro atoms. The molecule has 104 valence electrons. The van der Waals surface area contributed by atoms with Crippen molar-refractivity contribution in [2.45, 2.75) is 25.7 Å². The standard InChI is InChI=1S/C18H20O2/c1-20-18(19)17-13-11-16(12-14-17)10-6-5-9-15-7-3-2-4-8-15/h2-4,7-8,11-14H,5-6,9-10H2,1H3. The Kier molecular flexibility index (Phi) is 5.36. The van der Waals surface area contributed by atoms with Crippen LogP contribution in [0.2, 0.25) is 0 Å². The first kappa shape index (κ1) is 14.3. The first-order valence-electron chi connectivity index (χ1n) is 7.01. The molecule has 2 nitrogen and oxygen atoms in total. The fraction of sp³-hybridized carbons (Fsp3) is 0.278. The van der Waals surface area contributed by atoms with Gasteiger partial charge in [0.25, 0.3) is 0 Å². The van der Waals surface area contributed by atoms with Crippen LogP contribution in [0.4, 0.5) is 0 Å². The molecule has 0 amide bonds. The lowest BCUT2D eigenvalue weighted by Gasteiger charge is -2.04. The number of benzene rings is 2. The summed E-state index contributed by atoms with van der Waals surface area (Å²) in [6.45, 7) is 0. The number of carbonyl (C=O) groups is 1. The van der Waals surface area contributed by atoms with Gasteiger partial charge in [0.1, 0.15) is 0 Å². The van der Waals surface area contributed by atoms with Gasteiger partial charge in [-0.3, -0.25) is 0 Å². The summed E-state index contributed by atoms with van der Waals surface area (Å²) in [5.74, 6) is -0.277. The van der Waals surface area contributed by atoms with Crippen molar-refractivity contribution in [2.24, 2.45) is 0 Å². The second-order valence-corrected chi connectivity index (χ2v) is 4.88. The minimum Gasteiger partial charge on any atom is -0.465 e. The van der Waals surface area contributed by atoms with Crippen molar-refractivity contribution in [3.63, 3.8) is 0 Å². The van der Waals surface area contributed by atoms with Gasteiger partial charge in [0, 0.05) is 0 Å². The van der Waals surface area contributed by atoms with E-state index < -0.39 is 0 Å². The third-order valence-corrected chi connectivity index (χ3v) is 3.40. The topological polar surface area (TPSA) is 26.3 Å². The van der Waals surface area contributed by atoms with Crippen LogP contribution in [0.25, 0.3) is 0 Å². The Morgan fingerprint density at radius 1 is 0.850 bits per heavy atom. The van der Waals surface area contributed by atoms with Gasteiger partial charge in [-0.2, -0.15) is 0 Å². The van der Waals surface area contributed by atoms with Crippen molar-refractivity contribution in [3.05, 3.63) is 71.3 Å². The Labute approximate surface area is 120 Å². The molecule has 0 saturated carbocycles. The third-order valence-electron chi connectivity index (χ3n) is 3.40. The minimum atomic E-state index is -0.277. The highest BCUT2D eigenvalue weighted by Gasteiger charge is 2.04. The van der Waals surface area contributed by atoms with Crippen molar-refractivity contribution in [1.29, 1.82) is 0 Å². The molecule has 0 aliphatic carbocycles. The Hall–Kier alpha value is -2.09. The molecule has 0 N–H and O–H groups in total. The fourth-order valence-corrected chi connectivity index (χ4v) is 2.23. The second kappa shape index (κ2) is 7.49. The molecule has 2 aromatic rings. The summed E-state index contributed by atoms with van der Waals surface area (Å²) in [5, 5.41) is 0. The fourth-order valence-electron chi connectivity index (χ4n) is 2.23. The first-order chi connectivity index (χ1) is 9.79. The van der Waals surface area contributed by atoms with Gasteiger partial charge in [-0.15, -0.1) is 0 Å². The average Bonchev–Trinajstić information content (AvgIpc) is 2.52. The van der Waals surface area contributed by atoms with Crippen molar-refractivity contribution in [2.75, 3.05) is 7.11 Å². The average molecular weight is 268 g/mol. The maximum Gasteiger partial charge on any atom is 0.337 e. The largest absolute Gasteiger partial charge is 0.465 e. The van der Waals surface area contributed by atoms with Crippen molar-refractivity contribution in [3.8, 4) is 0 Å². The highest BCUT2D eigenvalue weighted by atomic mass is 16.5. The maximum atomic E-state index is 11.3. The molecule has 2 aromatic carbocycles. The minimum absolute atomic E-state index is 0.277. The lowest BCUT2D eigenvalue weighted by Crippen LogP contribution is -2.00. The van der Waals surface area contributed by atoms with Crippen LogP contribution in [-0.4, -0.2) is 13.1 Å². The highest BCUT2D eigenvalue weighted by molar-refractivity contribution is 5.89. The summed E-state index contributed by atoms with van der Waals surface area (Å²) in [4.78, 5) is 11.3. The maximum absolute atomic E-state index is 11.3. The molecule has 0 aliphatic heterocycles. The number of carbonyl (C=O) groups excluding carboxylic acids is 1. The Bertz CT molecular complexity index is 529. The molecule has 0 heterocycles. The van der Waals surface area contributed by atoms with Gasteiger partial charge in [-0.25, -0.2) is 4.79 Å². The van der Waals surface area contributed by atoms with Crippen LogP contribution in [0, 0.1) is 0 Å². The SMILES string of the molecule is COC(=O)c1ccc(CCCCc2ccccc2)cc1. The van der Waals surface area contributed by atoms with E-state index in [1.807, 2.05) is 30.3 Å². The van der Waals surface area contributed by atoms with Gasteiger partial charge < -0.3 is 4.74 Å². The normalized spacial score (nSPS) is 10.2. The van der Waals surface area contributed by atoms with E-state index in [4.69, 9.17) is 0 Å². The van der Waals surface area contributed by atoms with E-state index in [0.717, 1.165) is 19.3 Å². The summed E-state index contributed by atoms with van der Waals surface area (Å²) in [6.07, 6.45) is 4.52. The summed E-state index contributed by atoms with van der Waals surface area (Å²) in [5.41, 5.74) is 3.28. The molecular weight excluding hydrogens is 248 g/mol. The second-order valence-electron chi connectivity index (χ2n) is 4.88. The zero-order valence-corrected chi connectivity index (χ0v) is 11.8. The van der Waals surface area contributed by atoms with Crippen LogP contribution in [-0.2, 0) is 17.6 Å². The number of unbranched alkanes of at least 4 members (excludes halogenated alkanes) is 1. The first-order valence-corrected chi connectivity index (χ1v) is 7.01.